The van der Waals surface area contributed by atoms with E-state index in [0.717, 1.165) is 11.3 Å². The number of benzene rings is 2. The second kappa shape index (κ2) is 7.97. The Bertz CT molecular complexity index is 891. The molecule has 1 heterocycles. The van der Waals surface area contributed by atoms with Crippen molar-refractivity contribution in [3.8, 4) is 22.1 Å². The highest BCUT2D eigenvalue weighted by Gasteiger charge is 2.14. The monoisotopic (exact) mass is 369 g/mol. The summed E-state index contributed by atoms with van der Waals surface area (Å²) in [7, 11) is 1.61. The smallest absolute Gasteiger partial charge is 0.257 e. The third kappa shape index (κ3) is 4.18. The largest absolute Gasteiger partial charge is 0.496 e. The average molecular weight is 369 g/mol. The summed E-state index contributed by atoms with van der Waals surface area (Å²) in [4.78, 5) is 12.4. The van der Waals surface area contributed by atoms with Crippen LogP contribution in [0.2, 0.25) is 0 Å². The maximum Gasteiger partial charge on any atom is 0.257 e. The molecule has 0 atom stereocenters. The first-order valence-electron chi connectivity index (χ1n) is 8.12. The zero-order valence-corrected chi connectivity index (χ0v) is 15.5. The van der Waals surface area contributed by atoms with Gasteiger partial charge in [0, 0.05) is 5.56 Å². The van der Waals surface area contributed by atoms with Gasteiger partial charge in [0.1, 0.15) is 11.5 Å². The van der Waals surface area contributed by atoms with Gasteiger partial charge in [0.05, 0.1) is 18.8 Å². The zero-order chi connectivity index (χ0) is 18.5. The number of aromatic nitrogens is 2. The van der Waals surface area contributed by atoms with Gasteiger partial charge in [-0.1, -0.05) is 23.5 Å². The minimum Gasteiger partial charge on any atom is -0.496 e. The van der Waals surface area contributed by atoms with E-state index in [2.05, 4.69) is 15.5 Å². The standard InChI is InChI=1S/C19H19N3O3S/c1-12(2)25-14-10-8-13(9-11-14)17(23)20-19-22-21-18(26-19)15-6-4-5-7-16(15)24-3/h4-12H,1-3H3,(H,20,22,23). The predicted molar refractivity (Wildman–Crippen MR) is 102 cm³/mol. The van der Waals surface area contributed by atoms with Crippen LogP contribution in [-0.2, 0) is 0 Å². The van der Waals surface area contributed by atoms with E-state index >= 15 is 0 Å². The number of ether oxygens (including phenoxy) is 2. The Morgan fingerprint density at radius 3 is 2.50 bits per heavy atom. The SMILES string of the molecule is COc1ccccc1-c1nnc(NC(=O)c2ccc(OC(C)C)cc2)s1. The van der Waals surface area contributed by atoms with Crippen LogP contribution in [0.4, 0.5) is 5.13 Å². The van der Waals surface area contributed by atoms with E-state index in [4.69, 9.17) is 9.47 Å². The lowest BCUT2D eigenvalue weighted by molar-refractivity contribution is 0.102. The maximum atomic E-state index is 12.4. The molecule has 3 rings (SSSR count). The van der Waals surface area contributed by atoms with Crippen LogP contribution in [0.1, 0.15) is 24.2 Å². The molecule has 1 amide bonds. The Balaban J connectivity index is 1.71. The zero-order valence-electron chi connectivity index (χ0n) is 14.7. The minimum atomic E-state index is -0.246. The number of hydrogen-bond donors (Lipinski definition) is 1. The number of hydrogen-bond acceptors (Lipinski definition) is 6. The minimum absolute atomic E-state index is 0.0875. The Morgan fingerprint density at radius 2 is 1.81 bits per heavy atom. The van der Waals surface area contributed by atoms with Gasteiger partial charge in [0.25, 0.3) is 5.91 Å². The molecule has 0 radical (unpaired) electrons. The van der Waals surface area contributed by atoms with Crippen molar-refractivity contribution in [2.24, 2.45) is 0 Å². The summed E-state index contributed by atoms with van der Waals surface area (Å²) in [6, 6.07) is 14.5. The molecule has 1 aromatic heterocycles. The molecule has 1 N–H and O–H groups in total. The third-order valence-corrected chi connectivity index (χ3v) is 4.34. The molecule has 0 saturated heterocycles. The van der Waals surface area contributed by atoms with Gasteiger partial charge < -0.3 is 9.47 Å². The molecule has 0 unspecified atom stereocenters. The molecular weight excluding hydrogens is 350 g/mol. The highest BCUT2D eigenvalue weighted by atomic mass is 32.1. The van der Waals surface area contributed by atoms with Crippen LogP contribution in [0.5, 0.6) is 11.5 Å². The first kappa shape index (κ1) is 17.9. The normalized spacial score (nSPS) is 10.6. The van der Waals surface area contributed by atoms with Crippen molar-refractivity contribution in [2.45, 2.75) is 20.0 Å². The van der Waals surface area contributed by atoms with Gasteiger partial charge in [-0.3, -0.25) is 10.1 Å². The summed E-state index contributed by atoms with van der Waals surface area (Å²) in [5.41, 5.74) is 1.36. The first-order chi connectivity index (χ1) is 12.6. The average Bonchev–Trinajstić information content (AvgIpc) is 3.10. The van der Waals surface area contributed by atoms with Crippen molar-refractivity contribution in [3.05, 3.63) is 54.1 Å². The number of para-hydroxylation sites is 1. The Kier molecular flexibility index (Phi) is 5.48. The van der Waals surface area contributed by atoms with Gasteiger partial charge in [0.2, 0.25) is 5.13 Å². The number of carbonyl (C=O) groups is 1. The van der Waals surface area contributed by atoms with Crippen molar-refractivity contribution >= 4 is 22.4 Å². The number of nitrogens with one attached hydrogen (secondary N) is 1. The Morgan fingerprint density at radius 1 is 1.08 bits per heavy atom. The molecule has 0 bridgehead atoms. The topological polar surface area (TPSA) is 73.3 Å². The summed E-state index contributed by atoms with van der Waals surface area (Å²) < 4.78 is 10.9. The lowest BCUT2D eigenvalue weighted by Gasteiger charge is -2.09. The summed E-state index contributed by atoms with van der Waals surface area (Å²) in [5.74, 6) is 1.19. The van der Waals surface area contributed by atoms with Crippen molar-refractivity contribution in [2.75, 3.05) is 12.4 Å². The fourth-order valence-corrected chi connectivity index (χ4v) is 3.10. The van der Waals surface area contributed by atoms with Crippen molar-refractivity contribution in [3.63, 3.8) is 0 Å². The highest BCUT2D eigenvalue weighted by molar-refractivity contribution is 7.18. The van der Waals surface area contributed by atoms with E-state index < -0.39 is 0 Å². The Labute approximate surface area is 155 Å². The van der Waals surface area contributed by atoms with Crippen LogP contribution in [0, 0.1) is 0 Å². The number of rotatable bonds is 6. The van der Waals surface area contributed by atoms with Gasteiger partial charge >= 0.3 is 0 Å². The maximum absolute atomic E-state index is 12.4. The fourth-order valence-electron chi connectivity index (χ4n) is 2.33. The molecule has 2 aromatic carbocycles. The molecule has 0 aliphatic rings. The van der Waals surface area contributed by atoms with Crippen molar-refractivity contribution < 1.29 is 14.3 Å². The van der Waals surface area contributed by atoms with E-state index in [1.54, 1.807) is 31.4 Å². The molecule has 0 saturated carbocycles. The van der Waals surface area contributed by atoms with Crippen LogP contribution >= 0.6 is 11.3 Å². The van der Waals surface area contributed by atoms with Crippen molar-refractivity contribution in [1.82, 2.24) is 10.2 Å². The molecule has 0 aliphatic heterocycles. The van der Waals surface area contributed by atoms with E-state index in [1.807, 2.05) is 38.1 Å². The molecule has 3 aromatic rings. The number of methoxy groups -OCH3 is 1. The third-order valence-electron chi connectivity index (χ3n) is 3.47. The van der Waals surface area contributed by atoms with Crippen molar-refractivity contribution in [1.29, 1.82) is 0 Å². The molecule has 7 heteroatoms. The Hall–Kier alpha value is -2.93. The van der Waals surface area contributed by atoms with Gasteiger partial charge in [-0.15, -0.1) is 10.2 Å². The summed E-state index contributed by atoms with van der Waals surface area (Å²) in [6.45, 7) is 3.91. The van der Waals surface area contributed by atoms with Crippen LogP contribution in [-0.4, -0.2) is 29.3 Å². The summed E-state index contributed by atoms with van der Waals surface area (Å²) in [5, 5.41) is 12.1. The fraction of sp³-hybridized carbons (Fsp3) is 0.211. The van der Waals surface area contributed by atoms with Crippen LogP contribution in [0.25, 0.3) is 10.6 Å². The molecule has 0 spiro atoms. The van der Waals surface area contributed by atoms with Gasteiger partial charge in [0.15, 0.2) is 5.01 Å². The molecule has 6 nitrogen and oxygen atoms in total. The van der Waals surface area contributed by atoms with Gasteiger partial charge in [-0.05, 0) is 50.2 Å². The van der Waals surface area contributed by atoms with Crippen LogP contribution in [0.3, 0.4) is 0 Å². The van der Waals surface area contributed by atoms with E-state index in [-0.39, 0.29) is 12.0 Å². The highest BCUT2D eigenvalue weighted by Crippen LogP contribution is 2.33. The van der Waals surface area contributed by atoms with E-state index in [9.17, 15) is 4.79 Å². The lowest BCUT2D eigenvalue weighted by Crippen LogP contribution is -2.12. The molecule has 134 valence electrons. The van der Waals surface area contributed by atoms with Gasteiger partial charge in [-0.25, -0.2) is 0 Å². The molecule has 0 aliphatic carbocycles. The number of carbonyl (C=O) groups excluding carboxylic acids is 1. The number of amides is 1. The van der Waals surface area contributed by atoms with Crippen LogP contribution in [0.15, 0.2) is 48.5 Å². The second-order valence-electron chi connectivity index (χ2n) is 5.76. The lowest BCUT2D eigenvalue weighted by atomic mass is 10.2. The second-order valence-corrected chi connectivity index (χ2v) is 6.74. The molecular formula is C19H19N3O3S. The van der Waals surface area contributed by atoms with Crippen LogP contribution < -0.4 is 14.8 Å². The van der Waals surface area contributed by atoms with E-state index in [1.165, 1.54) is 11.3 Å². The predicted octanol–water partition coefficient (Wildman–Crippen LogP) is 4.25. The first-order valence-corrected chi connectivity index (χ1v) is 8.93. The summed E-state index contributed by atoms with van der Waals surface area (Å²) in [6.07, 6.45) is 0.0875. The number of nitrogens with zero attached hydrogens (tertiary/aromatic N) is 2. The molecule has 26 heavy (non-hydrogen) atoms. The van der Waals surface area contributed by atoms with E-state index in [0.29, 0.717) is 21.5 Å². The number of anilines is 1. The molecule has 0 fully saturated rings. The summed E-state index contributed by atoms with van der Waals surface area (Å²) >= 11 is 1.29. The van der Waals surface area contributed by atoms with Gasteiger partial charge in [-0.2, -0.15) is 0 Å². The quantitative estimate of drug-likeness (QED) is 0.703.